The highest BCUT2D eigenvalue weighted by atomic mass is 16.5. The summed E-state index contributed by atoms with van der Waals surface area (Å²) < 4.78 is 7.27. The van der Waals surface area contributed by atoms with E-state index in [1.807, 2.05) is 43.8 Å². The van der Waals surface area contributed by atoms with Gasteiger partial charge in [-0.2, -0.15) is 5.10 Å². The topological polar surface area (TPSA) is 53.1 Å². The van der Waals surface area contributed by atoms with Crippen molar-refractivity contribution in [1.29, 1.82) is 0 Å². The number of aromatic nitrogens is 2. The highest BCUT2D eigenvalue weighted by Gasteiger charge is 2.14. The Morgan fingerprint density at radius 2 is 2.06 bits per heavy atom. The largest absolute Gasteiger partial charge is 0.494 e. The van der Waals surface area contributed by atoms with E-state index in [1.165, 1.54) is 5.56 Å². The Bertz CT molecular complexity index is 558. The van der Waals surface area contributed by atoms with E-state index < -0.39 is 0 Å². The maximum Gasteiger partial charge on any atom is 0.144 e. The molecule has 1 atom stereocenters. The van der Waals surface area contributed by atoms with Crippen LogP contribution in [0.25, 0.3) is 5.69 Å². The maximum atomic E-state index is 5.92. The normalized spacial score (nSPS) is 12.5. The first-order valence-electron chi connectivity index (χ1n) is 5.99. The Morgan fingerprint density at radius 1 is 1.33 bits per heavy atom. The zero-order chi connectivity index (χ0) is 13.3. The van der Waals surface area contributed by atoms with Gasteiger partial charge in [0.1, 0.15) is 11.4 Å². The summed E-state index contributed by atoms with van der Waals surface area (Å²) in [6.45, 7) is 6.03. The van der Waals surface area contributed by atoms with Crippen LogP contribution >= 0.6 is 0 Å². The van der Waals surface area contributed by atoms with Gasteiger partial charge in [-0.1, -0.05) is 6.07 Å². The van der Waals surface area contributed by atoms with E-state index in [4.69, 9.17) is 10.5 Å². The molecule has 0 amide bonds. The van der Waals surface area contributed by atoms with Gasteiger partial charge in [-0.05, 0) is 38.5 Å². The van der Waals surface area contributed by atoms with Crippen LogP contribution in [0.3, 0.4) is 0 Å². The fourth-order valence-corrected chi connectivity index (χ4v) is 2.08. The summed E-state index contributed by atoms with van der Waals surface area (Å²) in [5.41, 5.74) is 10.1. The zero-order valence-corrected chi connectivity index (χ0v) is 11.3. The molecule has 0 spiro atoms. The van der Waals surface area contributed by atoms with Crippen molar-refractivity contribution in [2.45, 2.75) is 26.8 Å². The SMILES string of the molecule is COc1ccc(C)cc1-n1ncc(C(C)N)c1C. The lowest BCUT2D eigenvalue weighted by Gasteiger charge is -2.12. The van der Waals surface area contributed by atoms with E-state index in [9.17, 15) is 0 Å². The Morgan fingerprint density at radius 3 is 2.61 bits per heavy atom. The highest BCUT2D eigenvalue weighted by molar-refractivity contribution is 5.49. The number of nitrogens with two attached hydrogens (primary N) is 1. The number of benzene rings is 1. The van der Waals surface area contributed by atoms with E-state index in [0.717, 1.165) is 22.7 Å². The minimum Gasteiger partial charge on any atom is -0.494 e. The van der Waals surface area contributed by atoms with Crippen molar-refractivity contribution in [2.75, 3.05) is 7.11 Å². The van der Waals surface area contributed by atoms with Crippen LogP contribution in [0.5, 0.6) is 5.75 Å². The summed E-state index contributed by atoms with van der Waals surface area (Å²) in [5, 5.41) is 4.41. The van der Waals surface area contributed by atoms with Crippen molar-refractivity contribution in [3.05, 3.63) is 41.2 Å². The molecule has 2 N–H and O–H groups in total. The van der Waals surface area contributed by atoms with Gasteiger partial charge in [-0.3, -0.25) is 0 Å². The van der Waals surface area contributed by atoms with Crippen molar-refractivity contribution in [1.82, 2.24) is 9.78 Å². The monoisotopic (exact) mass is 245 g/mol. The van der Waals surface area contributed by atoms with Gasteiger partial charge in [0, 0.05) is 17.3 Å². The number of aryl methyl sites for hydroxylation is 1. The lowest BCUT2D eigenvalue weighted by atomic mass is 10.1. The van der Waals surface area contributed by atoms with Crippen LogP contribution < -0.4 is 10.5 Å². The predicted molar refractivity (Wildman–Crippen MR) is 72.2 cm³/mol. The third kappa shape index (κ3) is 2.11. The van der Waals surface area contributed by atoms with Gasteiger partial charge in [0.05, 0.1) is 13.3 Å². The molecular formula is C14H19N3O. The Balaban J connectivity index is 2.58. The molecule has 1 heterocycles. The van der Waals surface area contributed by atoms with Crippen LogP contribution in [0.4, 0.5) is 0 Å². The van der Waals surface area contributed by atoms with Gasteiger partial charge in [-0.15, -0.1) is 0 Å². The number of rotatable bonds is 3. The Labute approximate surface area is 107 Å². The molecule has 0 aliphatic carbocycles. The summed E-state index contributed by atoms with van der Waals surface area (Å²) in [5.74, 6) is 0.808. The average Bonchev–Trinajstić information content (AvgIpc) is 2.71. The highest BCUT2D eigenvalue weighted by Crippen LogP contribution is 2.26. The minimum absolute atomic E-state index is 0.0189. The minimum atomic E-state index is -0.0189. The van der Waals surface area contributed by atoms with Gasteiger partial charge in [0.15, 0.2) is 0 Å². The number of methoxy groups -OCH3 is 1. The summed E-state index contributed by atoms with van der Waals surface area (Å²) in [7, 11) is 1.67. The van der Waals surface area contributed by atoms with E-state index >= 15 is 0 Å². The molecule has 2 aromatic rings. The molecule has 1 unspecified atom stereocenters. The second kappa shape index (κ2) is 4.82. The fourth-order valence-electron chi connectivity index (χ4n) is 2.08. The molecule has 0 aliphatic rings. The Hall–Kier alpha value is -1.81. The van der Waals surface area contributed by atoms with Gasteiger partial charge in [0.2, 0.25) is 0 Å². The molecule has 1 aromatic carbocycles. The van der Waals surface area contributed by atoms with Crippen LogP contribution in [-0.4, -0.2) is 16.9 Å². The smallest absolute Gasteiger partial charge is 0.144 e. The molecule has 0 saturated heterocycles. The molecule has 0 saturated carbocycles. The molecule has 0 bridgehead atoms. The van der Waals surface area contributed by atoms with E-state index in [1.54, 1.807) is 7.11 Å². The van der Waals surface area contributed by atoms with E-state index in [0.29, 0.717) is 0 Å². The lowest BCUT2D eigenvalue weighted by Crippen LogP contribution is -2.07. The van der Waals surface area contributed by atoms with Gasteiger partial charge < -0.3 is 10.5 Å². The van der Waals surface area contributed by atoms with Gasteiger partial charge >= 0.3 is 0 Å². The maximum absolute atomic E-state index is 5.92. The number of ether oxygens (including phenoxy) is 1. The zero-order valence-electron chi connectivity index (χ0n) is 11.3. The molecule has 4 nitrogen and oxygen atoms in total. The quantitative estimate of drug-likeness (QED) is 0.904. The van der Waals surface area contributed by atoms with Crippen LogP contribution in [0.2, 0.25) is 0 Å². The third-order valence-electron chi connectivity index (χ3n) is 3.10. The Kier molecular flexibility index (Phi) is 3.39. The van der Waals surface area contributed by atoms with E-state index in [-0.39, 0.29) is 6.04 Å². The first-order chi connectivity index (χ1) is 8.54. The van der Waals surface area contributed by atoms with E-state index in [2.05, 4.69) is 11.2 Å². The second-order valence-electron chi connectivity index (χ2n) is 4.56. The number of nitrogens with zero attached hydrogens (tertiary/aromatic N) is 2. The van der Waals surface area contributed by atoms with Crippen LogP contribution in [0.1, 0.15) is 29.8 Å². The van der Waals surface area contributed by atoms with Crippen molar-refractivity contribution >= 4 is 0 Å². The molecule has 0 radical (unpaired) electrons. The predicted octanol–water partition coefficient (Wildman–Crippen LogP) is 2.52. The molecule has 2 rings (SSSR count). The molecule has 18 heavy (non-hydrogen) atoms. The molecular weight excluding hydrogens is 226 g/mol. The van der Waals surface area contributed by atoms with Crippen molar-refractivity contribution in [2.24, 2.45) is 5.73 Å². The molecule has 0 aliphatic heterocycles. The molecule has 96 valence electrons. The number of hydrogen-bond acceptors (Lipinski definition) is 3. The number of hydrogen-bond donors (Lipinski definition) is 1. The average molecular weight is 245 g/mol. The third-order valence-corrected chi connectivity index (χ3v) is 3.10. The van der Waals surface area contributed by atoms with Crippen molar-refractivity contribution < 1.29 is 4.74 Å². The van der Waals surface area contributed by atoms with Crippen LogP contribution in [0.15, 0.2) is 24.4 Å². The van der Waals surface area contributed by atoms with Crippen molar-refractivity contribution in [3.63, 3.8) is 0 Å². The summed E-state index contributed by atoms with van der Waals surface area (Å²) in [4.78, 5) is 0. The van der Waals surface area contributed by atoms with Crippen LogP contribution in [0, 0.1) is 13.8 Å². The lowest BCUT2D eigenvalue weighted by molar-refractivity contribution is 0.411. The first kappa shape index (κ1) is 12.6. The second-order valence-corrected chi connectivity index (χ2v) is 4.56. The molecule has 1 aromatic heterocycles. The summed E-state index contributed by atoms with van der Waals surface area (Å²) in [6, 6.07) is 6.02. The fraction of sp³-hybridized carbons (Fsp3) is 0.357. The standard InChI is InChI=1S/C14H19N3O/c1-9-5-6-14(18-4)13(7-9)17-11(3)12(8-16-17)10(2)15/h5-8,10H,15H2,1-4H3. The summed E-state index contributed by atoms with van der Waals surface area (Å²) in [6.07, 6.45) is 1.82. The molecule has 0 fully saturated rings. The van der Waals surface area contributed by atoms with Crippen LogP contribution in [-0.2, 0) is 0 Å². The summed E-state index contributed by atoms with van der Waals surface area (Å²) >= 11 is 0. The first-order valence-corrected chi connectivity index (χ1v) is 5.99. The molecule has 4 heteroatoms. The van der Waals surface area contributed by atoms with Gasteiger partial charge in [-0.25, -0.2) is 4.68 Å². The van der Waals surface area contributed by atoms with Gasteiger partial charge in [0.25, 0.3) is 0 Å². The van der Waals surface area contributed by atoms with Crippen molar-refractivity contribution in [3.8, 4) is 11.4 Å².